The van der Waals surface area contributed by atoms with Crippen molar-refractivity contribution >= 4 is 11.6 Å². The molecule has 0 aliphatic carbocycles. The quantitative estimate of drug-likeness (QED) is 0.704. The van der Waals surface area contributed by atoms with Crippen LogP contribution < -0.4 is 0 Å². The molecular formula is C17H26ClN. The molecule has 2 heteroatoms. The molecule has 1 aliphatic rings. The van der Waals surface area contributed by atoms with E-state index < -0.39 is 0 Å². The molecule has 1 nitrogen and oxygen atoms in total. The Morgan fingerprint density at radius 1 is 0.947 bits per heavy atom. The molecule has 1 atom stereocenters. The number of likely N-dealkylation sites (tertiary alicyclic amines) is 1. The van der Waals surface area contributed by atoms with Crippen molar-refractivity contribution in [3.63, 3.8) is 0 Å². The lowest BCUT2D eigenvalue weighted by molar-refractivity contribution is 0.285. The summed E-state index contributed by atoms with van der Waals surface area (Å²) in [6.07, 6.45) is 5.42. The largest absolute Gasteiger partial charge is 0.302 e. The molecule has 19 heavy (non-hydrogen) atoms. The number of hydrogen-bond acceptors (Lipinski definition) is 1. The van der Waals surface area contributed by atoms with Gasteiger partial charge in [0.05, 0.1) is 5.38 Å². The lowest BCUT2D eigenvalue weighted by atomic mass is 10.0. The van der Waals surface area contributed by atoms with E-state index in [1.807, 2.05) is 0 Å². The zero-order chi connectivity index (χ0) is 13.7. The second-order valence-electron chi connectivity index (χ2n) is 6.00. The smallest absolute Gasteiger partial charge is 0.0712 e. The first-order valence-electron chi connectivity index (χ1n) is 7.63. The Kier molecular flexibility index (Phi) is 5.72. The van der Waals surface area contributed by atoms with Crippen LogP contribution in [0, 0.1) is 0 Å². The molecule has 0 radical (unpaired) electrons. The molecule has 0 saturated carbocycles. The molecule has 1 aromatic carbocycles. The number of halogens is 1. The van der Waals surface area contributed by atoms with E-state index in [0.29, 0.717) is 5.92 Å². The number of alkyl halides is 1. The van der Waals surface area contributed by atoms with Crippen molar-refractivity contribution in [2.45, 2.75) is 50.8 Å². The van der Waals surface area contributed by atoms with Gasteiger partial charge in [0.2, 0.25) is 0 Å². The van der Waals surface area contributed by atoms with Gasteiger partial charge in [0.25, 0.3) is 0 Å². The van der Waals surface area contributed by atoms with Crippen molar-refractivity contribution in [2.24, 2.45) is 0 Å². The Bertz CT molecular complexity index is 363. The molecule has 1 aromatic rings. The molecule has 1 heterocycles. The molecule has 0 aromatic heterocycles. The molecule has 0 amide bonds. The number of hydrogen-bond donors (Lipinski definition) is 0. The minimum Gasteiger partial charge on any atom is -0.302 e. The average Bonchev–Trinajstić information content (AvgIpc) is 2.67. The van der Waals surface area contributed by atoms with E-state index in [-0.39, 0.29) is 5.38 Å². The third-order valence-corrected chi connectivity index (χ3v) is 4.47. The highest BCUT2D eigenvalue weighted by Gasteiger charge is 2.15. The highest BCUT2D eigenvalue weighted by molar-refractivity contribution is 6.21. The Morgan fingerprint density at radius 3 is 2.00 bits per heavy atom. The first-order valence-corrected chi connectivity index (χ1v) is 8.07. The Hall–Kier alpha value is -0.530. The van der Waals surface area contributed by atoms with Gasteiger partial charge in [-0.1, -0.05) is 51.0 Å². The van der Waals surface area contributed by atoms with Gasteiger partial charge in [-0.05, 0) is 43.0 Å². The summed E-state index contributed by atoms with van der Waals surface area (Å²) in [7, 11) is 0. The minimum absolute atomic E-state index is 0.124. The molecule has 0 bridgehead atoms. The van der Waals surface area contributed by atoms with Crippen molar-refractivity contribution in [1.82, 2.24) is 4.90 Å². The van der Waals surface area contributed by atoms with Gasteiger partial charge >= 0.3 is 0 Å². The van der Waals surface area contributed by atoms with Gasteiger partial charge in [-0.25, -0.2) is 0 Å². The fourth-order valence-electron chi connectivity index (χ4n) is 2.74. The van der Waals surface area contributed by atoms with Gasteiger partial charge in [-0.2, -0.15) is 0 Å². The summed E-state index contributed by atoms with van der Waals surface area (Å²) in [5.41, 5.74) is 2.65. The Labute approximate surface area is 123 Å². The van der Waals surface area contributed by atoms with Crippen molar-refractivity contribution in [2.75, 3.05) is 19.6 Å². The third-order valence-electron chi connectivity index (χ3n) is 4.08. The molecule has 2 rings (SSSR count). The van der Waals surface area contributed by atoms with Gasteiger partial charge in [-0.3, -0.25) is 0 Å². The van der Waals surface area contributed by atoms with E-state index in [0.717, 1.165) is 6.54 Å². The summed E-state index contributed by atoms with van der Waals surface area (Å²) >= 11 is 6.58. The highest BCUT2D eigenvalue weighted by Crippen LogP contribution is 2.25. The van der Waals surface area contributed by atoms with Crippen molar-refractivity contribution in [3.8, 4) is 0 Å². The fourth-order valence-corrected chi connectivity index (χ4v) is 3.08. The molecule has 0 spiro atoms. The second kappa shape index (κ2) is 7.31. The lowest BCUT2D eigenvalue weighted by Gasteiger charge is -2.23. The van der Waals surface area contributed by atoms with Crippen LogP contribution in [0.5, 0.6) is 0 Å². The van der Waals surface area contributed by atoms with Crippen molar-refractivity contribution in [1.29, 1.82) is 0 Å². The summed E-state index contributed by atoms with van der Waals surface area (Å²) in [6, 6.07) is 8.84. The van der Waals surface area contributed by atoms with Crippen LogP contribution in [0.3, 0.4) is 0 Å². The summed E-state index contributed by atoms with van der Waals surface area (Å²) in [4.78, 5) is 2.53. The zero-order valence-corrected chi connectivity index (χ0v) is 13.0. The maximum atomic E-state index is 6.58. The molecule has 0 N–H and O–H groups in total. The topological polar surface area (TPSA) is 3.24 Å². The van der Waals surface area contributed by atoms with Crippen LogP contribution in [-0.4, -0.2) is 24.5 Å². The van der Waals surface area contributed by atoms with Crippen LogP contribution in [0.4, 0.5) is 0 Å². The first-order chi connectivity index (χ1) is 9.16. The SMILES string of the molecule is CC(C)c1ccc(C(Cl)CN2CCCCCC2)cc1. The van der Waals surface area contributed by atoms with Crippen molar-refractivity contribution in [3.05, 3.63) is 35.4 Å². The van der Waals surface area contributed by atoms with E-state index >= 15 is 0 Å². The van der Waals surface area contributed by atoms with Crippen LogP contribution in [0.25, 0.3) is 0 Å². The summed E-state index contributed by atoms with van der Waals surface area (Å²) in [6.45, 7) is 7.87. The standard InChI is InChI=1S/C17H26ClN/c1-14(2)15-7-9-16(10-8-15)17(18)13-19-11-5-3-4-6-12-19/h7-10,14,17H,3-6,11-13H2,1-2H3. The highest BCUT2D eigenvalue weighted by atomic mass is 35.5. The van der Waals surface area contributed by atoms with Gasteiger partial charge in [0, 0.05) is 6.54 Å². The number of rotatable bonds is 4. The van der Waals surface area contributed by atoms with E-state index in [2.05, 4.69) is 43.0 Å². The van der Waals surface area contributed by atoms with Gasteiger partial charge in [0.1, 0.15) is 0 Å². The summed E-state index contributed by atoms with van der Waals surface area (Å²) in [5.74, 6) is 0.591. The fraction of sp³-hybridized carbons (Fsp3) is 0.647. The van der Waals surface area contributed by atoms with Gasteiger partial charge in [-0.15, -0.1) is 11.6 Å². The molecule has 1 unspecified atom stereocenters. The molecule has 1 fully saturated rings. The Balaban J connectivity index is 1.92. The summed E-state index contributed by atoms with van der Waals surface area (Å²) in [5, 5.41) is 0.124. The predicted octanol–water partition coefficient (Wildman–Crippen LogP) is 4.97. The molecule has 106 valence electrons. The maximum Gasteiger partial charge on any atom is 0.0712 e. The predicted molar refractivity (Wildman–Crippen MR) is 84.0 cm³/mol. The maximum absolute atomic E-state index is 6.58. The van der Waals surface area contributed by atoms with E-state index in [1.165, 1.54) is 49.9 Å². The van der Waals surface area contributed by atoms with Crippen molar-refractivity contribution < 1.29 is 0 Å². The van der Waals surface area contributed by atoms with Gasteiger partial charge < -0.3 is 4.90 Å². The van der Waals surface area contributed by atoms with E-state index in [1.54, 1.807) is 0 Å². The minimum atomic E-state index is 0.124. The molecular weight excluding hydrogens is 254 g/mol. The normalized spacial score (nSPS) is 19.4. The number of benzene rings is 1. The average molecular weight is 280 g/mol. The Morgan fingerprint density at radius 2 is 1.47 bits per heavy atom. The third kappa shape index (κ3) is 4.50. The van der Waals surface area contributed by atoms with Crippen LogP contribution >= 0.6 is 11.6 Å². The van der Waals surface area contributed by atoms with Crippen LogP contribution in [0.15, 0.2) is 24.3 Å². The van der Waals surface area contributed by atoms with Crippen LogP contribution in [0.1, 0.15) is 62.0 Å². The van der Waals surface area contributed by atoms with E-state index in [9.17, 15) is 0 Å². The first kappa shape index (κ1) is 14.9. The molecule has 1 aliphatic heterocycles. The van der Waals surface area contributed by atoms with E-state index in [4.69, 9.17) is 11.6 Å². The van der Waals surface area contributed by atoms with Gasteiger partial charge in [0.15, 0.2) is 0 Å². The lowest BCUT2D eigenvalue weighted by Crippen LogP contribution is -2.28. The summed E-state index contributed by atoms with van der Waals surface area (Å²) < 4.78 is 0. The monoisotopic (exact) mass is 279 g/mol. The van der Waals surface area contributed by atoms with Crippen LogP contribution in [-0.2, 0) is 0 Å². The van der Waals surface area contributed by atoms with Crippen LogP contribution in [0.2, 0.25) is 0 Å². The number of nitrogens with zero attached hydrogens (tertiary/aromatic N) is 1. The molecule has 1 saturated heterocycles. The zero-order valence-electron chi connectivity index (χ0n) is 12.2. The second-order valence-corrected chi connectivity index (χ2v) is 6.53.